The second-order valence-electron chi connectivity index (χ2n) is 7.36. The van der Waals surface area contributed by atoms with Gasteiger partial charge in [-0.25, -0.2) is 4.98 Å². The third-order valence-electron chi connectivity index (χ3n) is 5.31. The Kier molecular flexibility index (Phi) is 5.58. The lowest BCUT2D eigenvalue weighted by Crippen LogP contribution is -2.25. The average Bonchev–Trinajstić information content (AvgIpc) is 3.23. The molecule has 29 heavy (non-hydrogen) atoms. The van der Waals surface area contributed by atoms with E-state index in [1.807, 2.05) is 61.7 Å². The summed E-state index contributed by atoms with van der Waals surface area (Å²) in [4.78, 5) is 17.9. The van der Waals surface area contributed by atoms with Crippen LogP contribution in [0.3, 0.4) is 0 Å². The number of aryl methyl sites for hydroxylation is 1. The van der Waals surface area contributed by atoms with Gasteiger partial charge in [-0.1, -0.05) is 36.4 Å². The van der Waals surface area contributed by atoms with E-state index >= 15 is 0 Å². The molecule has 0 bridgehead atoms. The van der Waals surface area contributed by atoms with Gasteiger partial charge in [0.2, 0.25) is 5.88 Å². The highest BCUT2D eigenvalue weighted by Gasteiger charge is 2.26. The Balaban J connectivity index is 1.53. The minimum absolute atomic E-state index is 0.0615. The number of ether oxygens (including phenoxy) is 1. The van der Waals surface area contributed by atoms with Crippen molar-refractivity contribution in [1.29, 1.82) is 0 Å². The smallest absolute Gasteiger partial charge is 0.213 e. The number of hydrogen-bond donors (Lipinski definition) is 1. The van der Waals surface area contributed by atoms with Crippen LogP contribution in [0.4, 0.5) is 5.69 Å². The normalized spacial score (nSPS) is 16.1. The van der Waals surface area contributed by atoms with Gasteiger partial charge in [-0.15, -0.1) is 0 Å². The van der Waals surface area contributed by atoms with E-state index in [0.29, 0.717) is 11.4 Å². The summed E-state index contributed by atoms with van der Waals surface area (Å²) in [5.74, 6) is 0.644. The van der Waals surface area contributed by atoms with Gasteiger partial charge in [0.05, 0.1) is 13.2 Å². The monoisotopic (exact) mass is 388 g/mol. The van der Waals surface area contributed by atoms with Crippen LogP contribution in [0.15, 0.2) is 60.8 Å². The molecule has 1 saturated heterocycles. The Hall–Kier alpha value is -3.18. The van der Waals surface area contributed by atoms with E-state index < -0.39 is 0 Å². The lowest BCUT2D eigenvalue weighted by molar-refractivity contribution is 0.112. The largest absolute Gasteiger partial charge is 0.472 e. The van der Waals surface area contributed by atoms with E-state index in [9.17, 15) is 9.90 Å². The number of nitrogens with zero attached hydrogens (tertiary/aromatic N) is 2. The highest BCUT2D eigenvalue weighted by Crippen LogP contribution is 2.31. The molecule has 3 aromatic rings. The van der Waals surface area contributed by atoms with Crippen LogP contribution in [0, 0.1) is 6.92 Å². The molecule has 0 spiro atoms. The predicted molar refractivity (Wildman–Crippen MR) is 113 cm³/mol. The fourth-order valence-corrected chi connectivity index (χ4v) is 3.79. The molecule has 0 unspecified atom stereocenters. The summed E-state index contributed by atoms with van der Waals surface area (Å²) < 4.78 is 6.02. The van der Waals surface area contributed by atoms with E-state index in [1.165, 1.54) is 0 Å². The number of benzene rings is 2. The standard InChI is InChI=1S/C24H24N2O3/c1-17-6-9-24(25-13-17)29-21-10-11-26(14-21)23-8-7-18(12-20(23)16-28)22-5-3-2-4-19(22)15-27/h2-9,12-13,15,21,28H,10-11,14,16H2,1H3/t21-/m0/s1. The van der Waals surface area contributed by atoms with Gasteiger partial charge in [0.1, 0.15) is 6.10 Å². The van der Waals surface area contributed by atoms with Crippen LogP contribution in [0.25, 0.3) is 11.1 Å². The van der Waals surface area contributed by atoms with E-state index in [4.69, 9.17) is 4.74 Å². The van der Waals surface area contributed by atoms with Crippen LogP contribution in [0.5, 0.6) is 5.88 Å². The summed E-state index contributed by atoms with van der Waals surface area (Å²) in [7, 11) is 0. The number of aliphatic hydroxyl groups is 1. The number of pyridine rings is 1. The first-order valence-electron chi connectivity index (χ1n) is 9.80. The lowest BCUT2D eigenvalue weighted by Gasteiger charge is -2.22. The average molecular weight is 388 g/mol. The van der Waals surface area contributed by atoms with Gasteiger partial charge in [0, 0.05) is 42.0 Å². The van der Waals surface area contributed by atoms with Crippen LogP contribution < -0.4 is 9.64 Å². The summed E-state index contributed by atoms with van der Waals surface area (Å²) in [5.41, 5.74) is 5.40. The zero-order valence-electron chi connectivity index (χ0n) is 16.4. The summed E-state index contributed by atoms with van der Waals surface area (Å²) >= 11 is 0. The maximum absolute atomic E-state index is 11.4. The molecule has 0 radical (unpaired) electrons. The summed E-state index contributed by atoms with van der Waals surface area (Å²) in [6, 6.07) is 17.4. The molecule has 5 nitrogen and oxygen atoms in total. The fourth-order valence-electron chi connectivity index (χ4n) is 3.79. The number of carbonyl (C=O) groups is 1. The number of aldehydes is 1. The van der Waals surface area contributed by atoms with Crippen LogP contribution in [0.2, 0.25) is 0 Å². The van der Waals surface area contributed by atoms with Crippen molar-refractivity contribution < 1.29 is 14.6 Å². The molecule has 1 N–H and O–H groups in total. The number of rotatable bonds is 6. The highest BCUT2D eigenvalue weighted by molar-refractivity contribution is 5.88. The topological polar surface area (TPSA) is 62.7 Å². The Morgan fingerprint density at radius 3 is 2.83 bits per heavy atom. The number of anilines is 1. The quantitative estimate of drug-likeness (QED) is 0.646. The Bertz CT molecular complexity index is 1000. The van der Waals surface area contributed by atoms with Gasteiger partial charge in [0.25, 0.3) is 0 Å². The van der Waals surface area contributed by atoms with Crippen molar-refractivity contribution in [3.8, 4) is 17.0 Å². The molecule has 0 aliphatic carbocycles. The predicted octanol–water partition coefficient (Wildman–Crippen LogP) is 4.02. The number of hydrogen-bond acceptors (Lipinski definition) is 5. The SMILES string of the molecule is Cc1ccc(O[C@H]2CCN(c3ccc(-c4ccccc4C=O)cc3CO)C2)nc1. The molecule has 1 aliphatic rings. The summed E-state index contributed by atoms with van der Waals surface area (Å²) in [6.45, 7) is 3.54. The second kappa shape index (κ2) is 8.45. The van der Waals surface area contributed by atoms with Crippen LogP contribution in [-0.2, 0) is 6.61 Å². The minimum Gasteiger partial charge on any atom is -0.472 e. The third-order valence-corrected chi connectivity index (χ3v) is 5.31. The molecular formula is C24H24N2O3. The van der Waals surface area contributed by atoms with Gasteiger partial charge in [-0.3, -0.25) is 4.79 Å². The van der Waals surface area contributed by atoms with Crippen LogP contribution in [0.1, 0.15) is 27.9 Å². The third kappa shape index (κ3) is 4.15. The zero-order chi connectivity index (χ0) is 20.2. The van der Waals surface area contributed by atoms with Gasteiger partial charge in [-0.2, -0.15) is 0 Å². The van der Waals surface area contributed by atoms with Crippen molar-refractivity contribution in [2.45, 2.75) is 26.1 Å². The van der Waals surface area contributed by atoms with Gasteiger partial charge in [-0.05, 0) is 35.7 Å². The van der Waals surface area contributed by atoms with E-state index in [1.54, 1.807) is 6.07 Å². The van der Waals surface area contributed by atoms with Crippen molar-refractivity contribution in [3.63, 3.8) is 0 Å². The molecular weight excluding hydrogens is 364 g/mol. The number of carbonyl (C=O) groups excluding carboxylic acids is 1. The number of aliphatic hydroxyl groups excluding tert-OH is 1. The molecule has 0 amide bonds. The van der Waals surface area contributed by atoms with Crippen molar-refractivity contribution in [1.82, 2.24) is 4.98 Å². The molecule has 0 saturated carbocycles. The van der Waals surface area contributed by atoms with E-state index in [-0.39, 0.29) is 12.7 Å². The fraction of sp³-hybridized carbons (Fsp3) is 0.250. The first-order valence-corrected chi connectivity index (χ1v) is 9.80. The molecule has 2 aromatic carbocycles. The van der Waals surface area contributed by atoms with Crippen molar-refractivity contribution in [3.05, 3.63) is 77.5 Å². The van der Waals surface area contributed by atoms with Crippen molar-refractivity contribution in [2.24, 2.45) is 0 Å². The summed E-state index contributed by atoms with van der Waals surface area (Å²) in [6.07, 6.45) is 3.63. The molecule has 1 aliphatic heterocycles. The number of aromatic nitrogens is 1. The van der Waals surface area contributed by atoms with Crippen LogP contribution >= 0.6 is 0 Å². The lowest BCUT2D eigenvalue weighted by atomic mass is 9.98. The summed E-state index contributed by atoms with van der Waals surface area (Å²) in [5, 5.41) is 9.97. The maximum Gasteiger partial charge on any atom is 0.213 e. The molecule has 1 aromatic heterocycles. The molecule has 4 rings (SSSR count). The Labute approximate surface area is 170 Å². The molecule has 2 heterocycles. The van der Waals surface area contributed by atoms with Crippen LogP contribution in [-0.4, -0.2) is 35.6 Å². The first-order chi connectivity index (χ1) is 14.2. The minimum atomic E-state index is -0.0615. The van der Waals surface area contributed by atoms with Gasteiger partial charge in [0.15, 0.2) is 6.29 Å². The molecule has 1 fully saturated rings. The Morgan fingerprint density at radius 2 is 2.07 bits per heavy atom. The zero-order valence-corrected chi connectivity index (χ0v) is 16.4. The molecule has 1 atom stereocenters. The highest BCUT2D eigenvalue weighted by atomic mass is 16.5. The van der Waals surface area contributed by atoms with Crippen molar-refractivity contribution >= 4 is 12.0 Å². The van der Waals surface area contributed by atoms with Gasteiger partial charge >= 0.3 is 0 Å². The maximum atomic E-state index is 11.4. The molecule has 5 heteroatoms. The second-order valence-corrected chi connectivity index (χ2v) is 7.36. The van der Waals surface area contributed by atoms with Gasteiger partial charge < -0.3 is 14.7 Å². The van der Waals surface area contributed by atoms with E-state index in [0.717, 1.165) is 53.7 Å². The van der Waals surface area contributed by atoms with E-state index in [2.05, 4.69) is 9.88 Å². The Morgan fingerprint density at radius 1 is 1.21 bits per heavy atom. The molecule has 148 valence electrons. The first kappa shape index (κ1) is 19.2. The van der Waals surface area contributed by atoms with Crippen molar-refractivity contribution in [2.75, 3.05) is 18.0 Å².